The molecule has 3 heterocycles. The van der Waals surface area contributed by atoms with Crippen LogP contribution in [-0.4, -0.2) is 19.9 Å². The summed E-state index contributed by atoms with van der Waals surface area (Å²) in [5.41, 5.74) is 5.15. The molecule has 8 aromatic carbocycles. The van der Waals surface area contributed by atoms with Crippen LogP contribution in [0.15, 0.2) is 162 Å². The summed E-state index contributed by atoms with van der Waals surface area (Å²) in [5.74, 6) is 1.74. The van der Waals surface area contributed by atoms with Crippen molar-refractivity contribution < 1.29 is 4.42 Å². The maximum absolute atomic E-state index is 6.32. The Morgan fingerprint density at radius 2 is 0.961 bits per heavy atom. The fraction of sp³-hybridized carbons (Fsp3) is 0. The Balaban J connectivity index is 1.28. The Bertz CT molecular complexity index is 3220. The van der Waals surface area contributed by atoms with Crippen molar-refractivity contribution in [1.29, 1.82) is 0 Å². The second kappa shape index (κ2) is 10.8. The summed E-state index contributed by atoms with van der Waals surface area (Å²) in [4.78, 5) is 20.9. The molecule has 0 unspecified atom stereocenters. The molecular weight excluding hydrogens is 625 g/mol. The van der Waals surface area contributed by atoms with Crippen LogP contribution in [0.3, 0.4) is 0 Å². The summed E-state index contributed by atoms with van der Waals surface area (Å²) < 4.78 is 6.32. The number of furan rings is 1. The Morgan fingerprint density at radius 3 is 1.80 bits per heavy atom. The molecule has 3 aromatic heterocycles. The number of nitrogens with zero attached hydrogens (tertiary/aromatic N) is 4. The van der Waals surface area contributed by atoms with Gasteiger partial charge in [0.05, 0.1) is 5.52 Å². The lowest BCUT2D eigenvalue weighted by molar-refractivity contribution is 0.669. The van der Waals surface area contributed by atoms with E-state index in [2.05, 4.69) is 115 Å². The second-order valence-corrected chi connectivity index (χ2v) is 13.0. The molecule has 11 aromatic rings. The van der Waals surface area contributed by atoms with Crippen LogP contribution in [0.5, 0.6) is 0 Å². The van der Waals surface area contributed by atoms with E-state index in [0.29, 0.717) is 17.5 Å². The molecule has 0 aliphatic rings. The first-order valence-corrected chi connectivity index (χ1v) is 17.1. The number of hydrogen-bond acceptors (Lipinski definition) is 5. The van der Waals surface area contributed by atoms with E-state index in [0.717, 1.165) is 76.5 Å². The van der Waals surface area contributed by atoms with Gasteiger partial charge >= 0.3 is 0 Å². The third-order valence-electron chi connectivity index (χ3n) is 10.1. The van der Waals surface area contributed by atoms with Gasteiger partial charge in [-0.3, -0.25) is 4.98 Å². The molecule has 11 rings (SSSR count). The molecule has 0 aliphatic heterocycles. The number of fused-ring (bicyclic) bond motifs is 11. The van der Waals surface area contributed by atoms with E-state index in [4.69, 9.17) is 24.4 Å². The van der Waals surface area contributed by atoms with Gasteiger partial charge in [0.15, 0.2) is 17.5 Å². The van der Waals surface area contributed by atoms with Gasteiger partial charge in [-0.05, 0) is 73.4 Å². The Labute approximate surface area is 291 Å². The molecule has 236 valence electrons. The van der Waals surface area contributed by atoms with Gasteiger partial charge in [-0.15, -0.1) is 0 Å². The molecule has 0 radical (unpaired) electrons. The van der Waals surface area contributed by atoms with Crippen molar-refractivity contribution in [3.63, 3.8) is 0 Å². The molecule has 5 heteroatoms. The molecular formula is C46H26N4O. The van der Waals surface area contributed by atoms with Gasteiger partial charge in [0.1, 0.15) is 11.2 Å². The smallest absolute Gasteiger partial charge is 0.166 e. The first-order valence-electron chi connectivity index (χ1n) is 17.1. The van der Waals surface area contributed by atoms with Gasteiger partial charge in [-0.1, -0.05) is 121 Å². The summed E-state index contributed by atoms with van der Waals surface area (Å²) >= 11 is 0. The topological polar surface area (TPSA) is 64.7 Å². The molecule has 0 spiro atoms. The fourth-order valence-electron chi connectivity index (χ4n) is 7.84. The van der Waals surface area contributed by atoms with E-state index in [-0.39, 0.29) is 0 Å². The van der Waals surface area contributed by atoms with Crippen molar-refractivity contribution in [2.24, 2.45) is 0 Å². The van der Waals surface area contributed by atoms with E-state index in [1.165, 1.54) is 16.2 Å². The molecule has 0 saturated heterocycles. The van der Waals surface area contributed by atoms with Gasteiger partial charge < -0.3 is 4.42 Å². The average molecular weight is 651 g/mol. The third-order valence-corrected chi connectivity index (χ3v) is 10.1. The van der Waals surface area contributed by atoms with E-state index in [1.807, 2.05) is 42.6 Å². The molecule has 0 bridgehead atoms. The van der Waals surface area contributed by atoms with E-state index in [1.54, 1.807) is 0 Å². The molecule has 0 fully saturated rings. The monoisotopic (exact) mass is 650 g/mol. The lowest BCUT2D eigenvalue weighted by Crippen LogP contribution is -2.02. The van der Waals surface area contributed by atoms with Crippen molar-refractivity contribution in [3.8, 4) is 34.2 Å². The van der Waals surface area contributed by atoms with Crippen molar-refractivity contribution in [2.45, 2.75) is 0 Å². The first-order chi connectivity index (χ1) is 25.3. The molecule has 0 atom stereocenters. The molecule has 5 nitrogen and oxygen atoms in total. The summed E-state index contributed by atoms with van der Waals surface area (Å²) in [6.45, 7) is 0. The van der Waals surface area contributed by atoms with Crippen LogP contribution in [0, 0.1) is 0 Å². The van der Waals surface area contributed by atoms with Crippen LogP contribution in [-0.2, 0) is 0 Å². The zero-order valence-electron chi connectivity index (χ0n) is 27.2. The normalized spacial score (nSPS) is 11.9. The van der Waals surface area contributed by atoms with E-state index >= 15 is 0 Å². The highest BCUT2D eigenvalue weighted by molar-refractivity contribution is 6.20. The average Bonchev–Trinajstić information content (AvgIpc) is 3.59. The Morgan fingerprint density at radius 1 is 0.353 bits per heavy atom. The number of pyridine rings is 1. The SMILES string of the molecule is c1ccc2c(c1)cc(-c1nc(-c3cc4c5ccccc5ccc4c4cccnc34)nc(-c3cccc4oc5ccccc5c34)n1)c1ccccc12. The van der Waals surface area contributed by atoms with Crippen LogP contribution < -0.4 is 0 Å². The number of aromatic nitrogens is 4. The minimum Gasteiger partial charge on any atom is -0.456 e. The lowest BCUT2D eigenvalue weighted by atomic mass is 9.95. The minimum atomic E-state index is 0.565. The molecule has 51 heavy (non-hydrogen) atoms. The van der Waals surface area contributed by atoms with Crippen molar-refractivity contribution in [1.82, 2.24) is 19.9 Å². The van der Waals surface area contributed by atoms with Gasteiger partial charge in [-0.2, -0.15) is 0 Å². The molecule has 0 amide bonds. The Hall–Kier alpha value is -6.98. The predicted octanol–water partition coefficient (Wildman–Crippen LogP) is 11.9. The van der Waals surface area contributed by atoms with Crippen molar-refractivity contribution in [2.75, 3.05) is 0 Å². The number of hydrogen-bond donors (Lipinski definition) is 0. The highest BCUT2D eigenvalue weighted by Crippen LogP contribution is 2.41. The third kappa shape index (κ3) is 4.22. The molecule has 0 saturated carbocycles. The second-order valence-electron chi connectivity index (χ2n) is 13.0. The summed E-state index contributed by atoms with van der Waals surface area (Å²) in [6, 6.07) is 52.6. The Kier molecular flexibility index (Phi) is 5.89. The predicted molar refractivity (Wildman–Crippen MR) is 209 cm³/mol. The van der Waals surface area contributed by atoms with E-state index in [9.17, 15) is 0 Å². The van der Waals surface area contributed by atoms with Crippen LogP contribution in [0.4, 0.5) is 0 Å². The zero-order valence-corrected chi connectivity index (χ0v) is 27.2. The zero-order chi connectivity index (χ0) is 33.5. The van der Waals surface area contributed by atoms with Gasteiger partial charge in [0, 0.05) is 39.0 Å². The lowest BCUT2D eigenvalue weighted by Gasteiger charge is -2.14. The van der Waals surface area contributed by atoms with Gasteiger partial charge in [0.25, 0.3) is 0 Å². The standard InChI is InChI=1S/C46H26N4O/c1-3-13-29-27(11-1)22-23-33-34-19-10-24-47-43(34)39(26-37(29)33)46-49-44(36-18-9-21-41-42(36)35-17-7-8-20-40(35)51-41)48-45(50-46)38-25-28-12-2-4-14-30(28)31-15-5-6-16-32(31)38/h1-26H. The number of benzene rings is 8. The summed E-state index contributed by atoms with van der Waals surface area (Å²) in [6.07, 6.45) is 1.84. The quantitative estimate of drug-likeness (QED) is 0.178. The fourth-order valence-corrected chi connectivity index (χ4v) is 7.84. The van der Waals surface area contributed by atoms with E-state index < -0.39 is 0 Å². The van der Waals surface area contributed by atoms with Gasteiger partial charge in [0.2, 0.25) is 0 Å². The number of rotatable bonds is 3. The minimum absolute atomic E-state index is 0.565. The number of para-hydroxylation sites is 1. The largest absolute Gasteiger partial charge is 0.456 e. The van der Waals surface area contributed by atoms with Crippen LogP contribution >= 0.6 is 0 Å². The van der Waals surface area contributed by atoms with Crippen molar-refractivity contribution in [3.05, 3.63) is 158 Å². The van der Waals surface area contributed by atoms with Crippen LogP contribution in [0.25, 0.3) is 110 Å². The molecule has 0 N–H and O–H groups in total. The van der Waals surface area contributed by atoms with Crippen LogP contribution in [0.1, 0.15) is 0 Å². The summed E-state index contributed by atoms with van der Waals surface area (Å²) in [7, 11) is 0. The van der Waals surface area contributed by atoms with Gasteiger partial charge in [-0.25, -0.2) is 15.0 Å². The summed E-state index contributed by atoms with van der Waals surface area (Å²) in [5, 5.41) is 12.2. The maximum Gasteiger partial charge on any atom is 0.166 e. The first kappa shape index (κ1) is 27.9. The van der Waals surface area contributed by atoms with Crippen molar-refractivity contribution >= 4 is 75.9 Å². The van der Waals surface area contributed by atoms with Crippen LogP contribution in [0.2, 0.25) is 0 Å². The highest BCUT2D eigenvalue weighted by Gasteiger charge is 2.21. The molecule has 0 aliphatic carbocycles. The highest BCUT2D eigenvalue weighted by atomic mass is 16.3. The maximum atomic E-state index is 6.32.